The Labute approximate surface area is 287 Å². The highest BCUT2D eigenvalue weighted by Gasteiger charge is 2.33. The predicted molar refractivity (Wildman–Crippen MR) is 183 cm³/mol. The molecule has 0 spiro atoms. The van der Waals surface area contributed by atoms with Gasteiger partial charge >= 0.3 is 5.97 Å². The van der Waals surface area contributed by atoms with Crippen molar-refractivity contribution in [3.05, 3.63) is 54.1 Å². The zero-order valence-corrected chi connectivity index (χ0v) is 29.1. The fourth-order valence-electron chi connectivity index (χ4n) is 4.94. The Hall–Kier alpha value is -4.79. The van der Waals surface area contributed by atoms with E-state index in [1.54, 1.807) is 13.8 Å². The van der Waals surface area contributed by atoms with Gasteiger partial charge in [0.25, 0.3) is 0 Å². The van der Waals surface area contributed by atoms with Crippen molar-refractivity contribution in [3.8, 4) is 0 Å². The number of amides is 5. The van der Waals surface area contributed by atoms with Crippen LogP contribution < -0.4 is 32.3 Å². The number of H-pyrrole nitrogens is 1. The first-order chi connectivity index (χ1) is 23.1. The van der Waals surface area contributed by atoms with Gasteiger partial charge in [0.05, 0.1) is 18.9 Å². The number of nitrogens with zero attached hydrogens (tertiary/aromatic N) is 1. The van der Waals surface area contributed by atoms with Crippen LogP contribution in [0.1, 0.15) is 65.6 Å². The fourth-order valence-corrected chi connectivity index (χ4v) is 4.94. The normalized spacial score (nSPS) is 14.9. The number of carboxylic acids is 1. The van der Waals surface area contributed by atoms with E-state index in [9.17, 15) is 33.9 Å². The van der Waals surface area contributed by atoms with Gasteiger partial charge in [-0.15, -0.1) is 0 Å². The number of aromatic amines is 1. The fraction of sp³-hybridized carbons (Fsp3) is 0.559. The molecule has 0 unspecified atom stereocenters. The third-order valence-corrected chi connectivity index (χ3v) is 8.10. The van der Waals surface area contributed by atoms with Crippen molar-refractivity contribution >= 4 is 35.5 Å². The van der Waals surface area contributed by atoms with Gasteiger partial charge < -0.3 is 42.4 Å². The maximum Gasteiger partial charge on any atom is 0.326 e. The van der Waals surface area contributed by atoms with Crippen molar-refractivity contribution in [2.24, 2.45) is 23.5 Å². The highest BCUT2D eigenvalue weighted by atomic mass is 16.4. The second-order valence-corrected chi connectivity index (χ2v) is 13.0. The van der Waals surface area contributed by atoms with E-state index in [0.717, 1.165) is 5.56 Å². The molecule has 5 amide bonds. The zero-order chi connectivity index (χ0) is 36.7. The summed E-state index contributed by atoms with van der Waals surface area (Å²) in [6.45, 7) is 10.3. The first kappa shape index (κ1) is 40.4. The molecular formula is C34H52N8O7. The van der Waals surface area contributed by atoms with Gasteiger partial charge in [0, 0.05) is 24.7 Å². The van der Waals surface area contributed by atoms with Gasteiger partial charge in [-0.25, -0.2) is 9.78 Å². The van der Waals surface area contributed by atoms with E-state index in [1.807, 2.05) is 58.0 Å². The molecule has 49 heavy (non-hydrogen) atoms. The molecule has 0 radical (unpaired) electrons. The monoisotopic (exact) mass is 684 g/mol. The highest BCUT2D eigenvalue weighted by molar-refractivity contribution is 5.96. The van der Waals surface area contributed by atoms with E-state index in [1.165, 1.54) is 12.5 Å². The van der Waals surface area contributed by atoms with Gasteiger partial charge in [0.15, 0.2) is 0 Å². The van der Waals surface area contributed by atoms with Gasteiger partial charge in [-0.3, -0.25) is 24.0 Å². The van der Waals surface area contributed by atoms with Crippen molar-refractivity contribution in [2.45, 2.75) is 97.4 Å². The smallest absolute Gasteiger partial charge is 0.326 e. The summed E-state index contributed by atoms with van der Waals surface area (Å²) >= 11 is 0. The molecule has 9 N–H and O–H groups in total. The van der Waals surface area contributed by atoms with Crippen LogP contribution >= 0.6 is 0 Å². The van der Waals surface area contributed by atoms with Gasteiger partial charge in [0.1, 0.15) is 24.2 Å². The number of hydrogen-bond donors (Lipinski definition) is 8. The summed E-state index contributed by atoms with van der Waals surface area (Å²) in [5.41, 5.74) is 7.44. The molecule has 0 saturated carbocycles. The lowest BCUT2D eigenvalue weighted by Gasteiger charge is -2.28. The third-order valence-electron chi connectivity index (χ3n) is 8.10. The van der Waals surface area contributed by atoms with Gasteiger partial charge in [-0.2, -0.15) is 0 Å². The first-order valence-corrected chi connectivity index (χ1v) is 16.6. The van der Waals surface area contributed by atoms with Crippen LogP contribution in [0.25, 0.3) is 0 Å². The molecular weight excluding hydrogens is 632 g/mol. The molecule has 0 aliphatic rings. The second-order valence-electron chi connectivity index (χ2n) is 13.0. The van der Waals surface area contributed by atoms with Crippen molar-refractivity contribution in [1.82, 2.24) is 36.6 Å². The lowest BCUT2D eigenvalue weighted by molar-refractivity contribution is -0.142. The molecule has 1 heterocycles. The third kappa shape index (κ3) is 13.7. The van der Waals surface area contributed by atoms with Crippen LogP contribution in [0.2, 0.25) is 0 Å². The zero-order valence-electron chi connectivity index (χ0n) is 29.1. The molecule has 6 atom stereocenters. The standard InChI is InChI=1S/C34H52N8O7/c1-7-21(6)28(35)32(46)40-24(14-22-11-9-8-10-12-22)31(45)42-29(20(4)5)33(47)41-25(15-23-16-36-18-38-23)30(44)37-17-27(43)39-26(34(48)49)13-19(2)3/h8-12,16,18-21,24-26,28-29H,7,13-15,17,35H2,1-6H3,(H,36,38)(H,37,44)(H,39,43)(H,40,46)(H,41,47)(H,42,45)(H,48,49)/t21-,24-,25-,26-,28-,29-/m0/s1. The summed E-state index contributed by atoms with van der Waals surface area (Å²) < 4.78 is 0. The second kappa shape index (κ2) is 19.9. The van der Waals surface area contributed by atoms with Gasteiger partial charge in [0.2, 0.25) is 29.5 Å². The lowest BCUT2D eigenvalue weighted by atomic mass is 9.97. The molecule has 15 heteroatoms. The molecule has 0 aliphatic heterocycles. The van der Waals surface area contributed by atoms with E-state index in [-0.39, 0.29) is 31.1 Å². The maximum absolute atomic E-state index is 13.7. The summed E-state index contributed by atoms with van der Waals surface area (Å²) in [5, 5.41) is 22.5. The molecule has 2 aromatic rings. The minimum Gasteiger partial charge on any atom is -0.480 e. The number of carbonyl (C=O) groups excluding carboxylic acids is 5. The van der Waals surface area contributed by atoms with Gasteiger partial charge in [-0.1, -0.05) is 78.3 Å². The number of rotatable bonds is 20. The summed E-state index contributed by atoms with van der Waals surface area (Å²) in [6.07, 6.45) is 3.88. The molecule has 0 bridgehead atoms. The minimum atomic E-state index is -1.20. The van der Waals surface area contributed by atoms with Crippen molar-refractivity contribution < 1.29 is 33.9 Å². The molecule has 0 fully saturated rings. The Bertz CT molecular complexity index is 1380. The van der Waals surface area contributed by atoms with Crippen molar-refractivity contribution in [3.63, 3.8) is 0 Å². The Morgan fingerprint density at radius 1 is 0.816 bits per heavy atom. The SMILES string of the molecule is CC[C@H](C)[C@H](N)C(=O)N[C@@H](Cc1ccccc1)C(=O)N[C@H](C(=O)N[C@@H](Cc1cnc[nH]1)C(=O)NCC(=O)N[C@@H](CC(C)C)C(=O)O)C(C)C. The topological polar surface area (TPSA) is 237 Å². The molecule has 2 rings (SSSR count). The number of benzene rings is 1. The average Bonchev–Trinajstić information content (AvgIpc) is 3.57. The van der Waals surface area contributed by atoms with Crippen LogP contribution in [0.5, 0.6) is 0 Å². The number of nitrogens with two attached hydrogens (primary N) is 1. The number of aromatic nitrogens is 2. The van der Waals surface area contributed by atoms with Crippen LogP contribution in [0.15, 0.2) is 42.9 Å². The minimum absolute atomic E-state index is 0.00612. The van der Waals surface area contributed by atoms with Crippen LogP contribution in [0, 0.1) is 17.8 Å². The Morgan fingerprint density at radius 2 is 1.45 bits per heavy atom. The number of carbonyl (C=O) groups is 6. The first-order valence-electron chi connectivity index (χ1n) is 16.6. The predicted octanol–water partition coefficient (Wildman–Crippen LogP) is 0.410. The Kier molecular flexibility index (Phi) is 16.4. The number of aliphatic carboxylic acids is 1. The van der Waals surface area contributed by atoms with Crippen LogP contribution in [-0.4, -0.2) is 87.3 Å². The summed E-state index contributed by atoms with van der Waals surface area (Å²) in [7, 11) is 0. The van der Waals surface area contributed by atoms with Crippen LogP contribution in [0.3, 0.4) is 0 Å². The molecule has 15 nitrogen and oxygen atoms in total. The van der Waals surface area contributed by atoms with E-state index in [2.05, 4.69) is 36.6 Å². The number of imidazole rings is 1. The molecule has 270 valence electrons. The van der Waals surface area contributed by atoms with E-state index >= 15 is 0 Å². The number of hydrogen-bond acceptors (Lipinski definition) is 8. The largest absolute Gasteiger partial charge is 0.480 e. The van der Waals surface area contributed by atoms with E-state index in [0.29, 0.717) is 12.1 Å². The van der Waals surface area contributed by atoms with Crippen LogP contribution in [0.4, 0.5) is 0 Å². The molecule has 0 aliphatic carbocycles. The molecule has 1 aromatic carbocycles. The molecule has 1 aromatic heterocycles. The molecule has 0 saturated heterocycles. The van der Waals surface area contributed by atoms with Crippen molar-refractivity contribution in [1.29, 1.82) is 0 Å². The summed E-state index contributed by atoms with van der Waals surface area (Å²) in [5.74, 6) is -4.94. The average molecular weight is 685 g/mol. The van der Waals surface area contributed by atoms with Crippen LogP contribution in [-0.2, 0) is 41.6 Å². The van der Waals surface area contributed by atoms with Crippen molar-refractivity contribution in [2.75, 3.05) is 6.54 Å². The number of carboxylic acid groups (broad SMARTS) is 1. The highest BCUT2D eigenvalue weighted by Crippen LogP contribution is 2.11. The Morgan fingerprint density at radius 3 is 2.00 bits per heavy atom. The Balaban J connectivity index is 2.21. The maximum atomic E-state index is 13.7. The van der Waals surface area contributed by atoms with Gasteiger partial charge in [-0.05, 0) is 29.7 Å². The van der Waals surface area contributed by atoms with E-state index < -0.39 is 78.2 Å². The van der Waals surface area contributed by atoms with E-state index in [4.69, 9.17) is 5.73 Å². The number of nitrogens with one attached hydrogen (secondary N) is 6. The lowest BCUT2D eigenvalue weighted by Crippen LogP contribution is -2.60. The quantitative estimate of drug-likeness (QED) is 0.0963. The summed E-state index contributed by atoms with van der Waals surface area (Å²) in [6, 6.07) is 3.77. The summed E-state index contributed by atoms with van der Waals surface area (Å²) in [4.78, 5) is 84.6.